The fourth-order valence-electron chi connectivity index (χ4n) is 11.2. The molecule has 49 heavy (non-hydrogen) atoms. The Morgan fingerprint density at radius 2 is 1.20 bits per heavy atom. The highest BCUT2D eigenvalue weighted by Gasteiger charge is 2.57. The summed E-state index contributed by atoms with van der Waals surface area (Å²) in [6, 6.07) is 54.7. The molecule has 5 atom stereocenters. The highest BCUT2D eigenvalue weighted by Crippen LogP contribution is 2.66. The second-order valence-electron chi connectivity index (χ2n) is 15.4. The van der Waals surface area contributed by atoms with Gasteiger partial charge in [0.05, 0.1) is 11.0 Å². The third-order valence-corrected chi connectivity index (χ3v) is 13.1. The number of para-hydroxylation sites is 3. The third kappa shape index (κ3) is 3.95. The Hall–Kier alpha value is -5.08. The van der Waals surface area contributed by atoms with Gasteiger partial charge in [-0.3, -0.25) is 0 Å². The molecule has 1 heterocycles. The molecule has 4 aliphatic carbocycles. The van der Waals surface area contributed by atoms with E-state index in [2.05, 4.69) is 155 Å². The maximum Gasteiger partial charge on any atom is 0.0541 e. The lowest BCUT2D eigenvalue weighted by molar-refractivity contribution is -0.0103. The summed E-state index contributed by atoms with van der Waals surface area (Å²) in [6.07, 6.45) is 8.47. The van der Waals surface area contributed by atoms with E-state index < -0.39 is 0 Å². The Kier molecular flexibility index (Phi) is 5.94. The molecule has 3 bridgehead atoms. The molecule has 1 spiro atoms. The van der Waals surface area contributed by atoms with Gasteiger partial charge in [-0.25, -0.2) is 0 Å². The van der Waals surface area contributed by atoms with E-state index in [9.17, 15) is 0 Å². The number of anilines is 3. The van der Waals surface area contributed by atoms with E-state index in [4.69, 9.17) is 0 Å². The molecule has 1 aromatic heterocycles. The predicted octanol–water partition coefficient (Wildman–Crippen LogP) is 12.4. The molecule has 0 amide bonds. The highest BCUT2D eigenvalue weighted by atomic mass is 15.1. The number of benzene rings is 6. The summed E-state index contributed by atoms with van der Waals surface area (Å²) in [7, 11) is 0. The van der Waals surface area contributed by atoms with Crippen molar-refractivity contribution in [1.29, 1.82) is 0 Å². The molecule has 6 aromatic carbocycles. The number of aromatic nitrogens is 1. The zero-order chi connectivity index (χ0) is 32.1. The largest absolute Gasteiger partial charge is 0.310 e. The average Bonchev–Trinajstić information content (AvgIpc) is 3.63. The van der Waals surface area contributed by atoms with Crippen LogP contribution in [0.25, 0.3) is 38.6 Å². The van der Waals surface area contributed by atoms with E-state index >= 15 is 0 Å². The molecule has 5 unspecified atom stereocenters. The fraction of sp³-hybridized carbons (Fsp3) is 0.234. The number of nitrogens with zero attached hydrogens (tertiary/aromatic N) is 2. The Balaban J connectivity index is 1.11. The molecule has 0 N–H and O–H groups in total. The van der Waals surface area contributed by atoms with Crippen molar-refractivity contribution in [1.82, 2.24) is 4.57 Å². The van der Waals surface area contributed by atoms with Crippen LogP contribution in [-0.2, 0) is 5.41 Å². The second kappa shape index (κ2) is 10.5. The molecular formula is C47H40N2. The Labute approximate surface area is 288 Å². The van der Waals surface area contributed by atoms with Gasteiger partial charge in [0.1, 0.15) is 0 Å². The number of rotatable bonds is 4. The quantitative estimate of drug-likeness (QED) is 0.187. The zero-order valence-corrected chi connectivity index (χ0v) is 27.8. The first kappa shape index (κ1) is 27.8. The molecule has 3 saturated carbocycles. The average molecular weight is 633 g/mol. The first-order valence-corrected chi connectivity index (χ1v) is 18.4. The number of hydrogen-bond donors (Lipinski definition) is 0. The molecule has 2 heteroatoms. The fourth-order valence-corrected chi connectivity index (χ4v) is 11.2. The van der Waals surface area contributed by atoms with Gasteiger partial charge in [-0.1, -0.05) is 97.4 Å². The normalized spacial score (nSPS) is 24.7. The summed E-state index contributed by atoms with van der Waals surface area (Å²) in [5, 5.41) is 2.58. The topological polar surface area (TPSA) is 8.17 Å². The lowest BCUT2D eigenvalue weighted by atomic mass is 9.47. The van der Waals surface area contributed by atoms with Crippen molar-refractivity contribution in [3.8, 4) is 16.8 Å². The van der Waals surface area contributed by atoms with Gasteiger partial charge in [0.2, 0.25) is 0 Å². The molecule has 11 rings (SSSR count). The van der Waals surface area contributed by atoms with Crippen molar-refractivity contribution in [2.24, 2.45) is 23.7 Å². The Morgan fingerprint density at radius 3 is 2.04 bits per heavy atom. The van der Waals surface area contributed by atoms with Gasteiger partial charge in [-0.05, 0) is 133 Å². The molecule has 7 aromatic rings. The van der Waals surface area contributed by atoms with E-state index in [1.54, 1.807) is 11.1 Å². The molecule has 0 saturated heterocycles. The summed E-state index contributed by atoms with van der Waals surface area (Å²) in [5.74, 6) is 3.44. The summed E-state index contributed by atoms with van der Waals surface area (Å²) in [5.41, 5.74) is 13.5. The van der Waals surface area contributed by atoms with Gasteiger partial charge in [0.25, 0.3) is 0 Å². The van der Waals surface area contributed by atoms with Crippen LogP contribution >= 0.6 is 0 Å². The molecule has 0 radical (unpaired) electrons. The minimum Gasteiger partial charge on any atom is -0.310 e. The maximum absolute atomic E-state index is 2.61. The Morgan fingerprint density at radius 1 is 0.510 bits per heavy atom. The van der Waals surface area contributed by atoms with E-state index in [1.165, 1.54) is 94.2 Å². The smallest absolute Gasteiger partial charge is 0.0541 e. The first-order chi connectivity index (χ1) is 24.3. The minimum absolute atomic E-state index is 0.120. The summed E-state index contributed by atoms with van der Waals surface area (Å²) in [6.45, 7) is 0. The van der Waals surface area contributed by atoms with Crippen LogP contribution in [0.15, 0.2) is 146 Å². The number of fused-ring (bicyclic) bond motifs is 11. The van der Waals surface area contributed by atoms with Crippen molar-refractivity contribution in [3.05, 3.63) is 157 Å². The Bertz CT molecular complexity index is 2350. The highest BCUT2D eigenvalue weighted by molar-refractivity contribution is 6.09. The number of hydrogen-bond acceptors (Lipinski definition) is 1. The second-order valence-corrected chi connectivity index (χ2v) is 15.4. The van der Waals surface area contributed by atoms with Crippen LogP contribution in [-0.4, -0.2) is 4.57 Å². The van der Waals surface area contributed by atoms with Crippen LogP contribution < -0.4 is 4.90 Å². The van der Waals surface area contributed by atoms with Crippen LogP contribution in [0.3, 0.4) is 0 Å². The zero-order valence-electron chi connectivity index (χ0n) is 27.8. The monoisotopic (exact) mass is 632 g/mol. The van der Waals surface area contributed by atoms with Crippen molar-refractivity contribution in [2.75, 3.05) is 4.90 Å². The van der Waals surface area contributed by atoms with Crippen LogP contribution in [0.5, 0.6) is 0 Å². The van der Waals surface area contributed by atoms with E-state index in [0.29, 0.717) is 0 Å². The van der Waals surface area contributed by atoms with Crippen molar-refractivity contribution in [3.63, 3.8) is 0 Å². The van der Waals surface area contributed by atoms with E-state index in [0.717, 1.165) is 23.7 Å². The minimum atomic E-state index is 0.120. The third-order valence-electron chi connectivity index (χ3n) is 13.1. The van der Waals surface area contributed by atoms with Gasteiger partial charge < -0.3 is 9.47 Å². The lowest BCUT2D eigenvalue weighted by Crippen LogP contribution is -2.50. The van der Waals surface area contributed by atoms with Gasteiger partial charge in [-0.15, -0.1) is 0 Å². The van der Waals surface area contributed by atoms with Crippen LogP contribution in [0.1, 0.15) is 49.7 Å². The van der Waals surface area contributed by atoms with Gasteiger partial charge in [-0.2, -0.15) is 0 Å². The standard InChI is InChI=1S/C47H40N2/c1-2-11-35(12-3-1)48(36-13-10-14-37(28-36)49-45-19-8-5-16-41(45)42-17-6-9-20-46(42)49)38-23-24-40-39-15-4-7-18-43(39)47(44(40)29-38)30-32-22-21-31-25-33(32)27-34(47)26-31/h1-20,23-24,28-29,31-34H,21-22,25-27,30H2. The molecule has 3 fully saturated rings. The van der Waals surface area contributed by atoms with Gasteiger partial charge in [0.15, 0.2) is 0 Å². The van der Waals surface area contributed by atoms with Crippen LogP contribution in [0, 0.1) is 23.7 Å². The van der Waals surface area contributed by atoms with Crippen molar-refractivity contribution in [2.45, 2.75) is 43.9 Å². The lowest BCUT2D eigenvalue weighted by Gasteiger charge is -2.57. The van der Waals surface area contributed by atoms with Gasteiger partial charge >= 0.3 is 0 Å². The first-order valence-electron chi connectivity index (χ1n) is 18.4. The predicted molar refractivity (Wildman–Crippen MR) is 203 cm³/mol. The molecule has 2 nitrogen and oxygen atoms in total. The van der Waals surface area contributed by atoms with E-state index in [-0.39, 0.29) is 5.41 Å². The summed E-state index contributed by atoms with van der Waals surface area (Å²) < 4.78 is 2.43. The van der Waals surface area contributed by atoms with Gasteiger partial charge in [0, 0.05) is 38.9 Å². The SMILES string of the molecule is c1ccc(N(c2cccc(-n3c4ccccc4c4ccccc43)c2)c2ccc3c(c2)C2(CC4CCC5CC4CC2C5)c2ccccc2-3)cc1. The summed E-state index contributed by atoms with van der Waals surface area (Å²) in [4.78, 5) is 2.49. The molecule has 4 aliphatic rings. The summed E-state index contributed by atoms with van der Waals surface area (Å²) >= 11 is 0. The molecule has 0 aliphatic heterocycles. The maximum atomic E-state index is 2.61. The van der Waals surface area contributed by atoms with Crippen molar-refractivity contribution >= 4 is 38.9 Å². The molecule has 238 valence electrons. The van der Waals surface area contributed by atoms with Crippen LogP contribution in [0.4, 0.5) is 17.1 Å². The van der Waals surface area contributed by atoms with Crippen LogP contribution in [0.2, 0.25) is 0 Å². The molecular weight excluding hydrogens is 593 g/mol. The van der Waals surface area contributed by atoms with Crippen molar-refractivity contribution < 1.29 is 0 Å². The van der Waals surface area contributed by atoms with E-state index in [1.807, 2.05) is 0 Å².